The highest BCUT2D eigenvalue weighted by molar-refractivity contribution is 5.18. The fraction of sp³-hybridized carbons (Fsp3) is 0.267. The maximum absolute atomic E-state index is 12.8. The fourth-order valence-electron chi connectivity index (χ4n) is 1.95. The minimum atomic E-state index is -0.623. The summed E-state index contributed by atoms with van der Waals surface area (Å²) in [5.41, 5.74) is 1.82. The van der Waals surface area contributed by atoms with Gasteiger partial charge in [0.2, 0.25) is 0 Å². The minimum Gasteiger partial charge on any atom is -0.387 e. The predicted molar refractivity (Wildman–Crippen MR) is 71.9 cm³/mol. The molecule has 1 heterocycles. The number of pyridine rings is 1. The summed E-state index contributed by atoms with van der Waals surface area (Å²) in [4.78, 5) is 6.06. The van der Waals surface area contributed by atoms with E-state index in [4.69, 9.17) is 0 Å². The van der Waals surface area contributed by atoms with E-state index in [2.05, 4.69) is 4.98 Å². The topological polar surface area (TPSA) is 36.4 Å². The van der Waals surface area contributed by atoms with Crippen LogP contribution in [0.4, 0.5) is 4.39 Å². The van der Waals surface area contributed by atoms with E-state index in [9.17, 15) is 9.50 Å². The van der Waals surface area contributed by atoms with E-state index in [1.54, 1.807) is 24.5 Å². The van der Waals surface area contributed by atoms with E-state index in [0.29, 0.717) is 13.1 Å². The molecule has 2 rings (SSSR count). The van der Waals surface area contributed by atoms with Crippen molar-refractivity contribution in [3.63, 3.8) is 0 Å². The Kier molecular flexibility index (Phi) is 4.60. The zero-order valence-electron chi connectivity index (χ0n) is 10.8. The zero-order chi connectivity index (χ0) is 13.7. The van der Waals surface area contributed by atoms with Gasteiger partial charge in [0.25, 0.3) is 0 Å². The molecule has 0 aliphatic heterocycles. The second-order valence-corrected chi connectivity index (χ2v) is 4.63. The van der Waals surface area contributed by atoms with Crippen LogP contribution in [0.5, 0.6) is 0 Å². The summed E-state index contributed by atoms with van der Waals surface area (Å²) in [6.45, 7) is 1.20. The van der Waals surface area contributed by atoms with Gasteiger partial charge >= 0.3 is 0 Å². The SMILES string of the molecule is CN(Cc1cccnc1)CC(O)c1ccc(F)cc1. The first-order valence-corrected chi connectivity index (χ1v) is 6.16. The molecule has 0 saturated carbocycles. The third-order valence-corrected chi connectivity index (χ3v) is 2.91. The normalized spacial score (nSPS) is 12.6. The summed E-state index contributed by atoms with van der Waals surface area (Å²) in [5, 5.41) is 10.1. The molecule has 0 aliphatic carbocycles. The van der Waals surface area contributed by atoms with Crippen LogP contribution in [-0.2, 0) is 6.54 Å². The molecule has 1 N–H and O–H groups in total. The van der Waals surface area contributed by atoms with Gasteiger partial charge in [0, 0.05) is 25.5 Å². The Labute approximate surface area is 112 Å². The standard InChI is InChI=1S/C15H17FN2O/c1-18(10-12-3-2-8-17-9-12)11-15(19)13-4-6-14(16)7-5-13/h2-9,15,19H,10-11H2,1H3. The molecule has 19 heavy (non-hydrogen) atoms. The van der Waals surface area contributed by atoms with Gasteiger partial charge < -0.3 is 5.11 Å². The first kappa shape index (κ1) is 13.6. The van der Waals surface area contributed by atoms with Crippen LogP contribution in [0.25, 0.3) is 0 Å². The number of halogens is 1. The predicted octanol–water partition coefficient (Wildman–Crippen LogP) is 2.39. The summed E-state index contributed by atoms with van der Waals surface area (Å²) in [6.07, 6.45) is 2.92. The number of likely N-dealkylation sites (N-methyl/N-ethyl adjacent to an activating group) is 1. The molecule has 1 aromatic carbocycles. The van der Waals surface area contributed by atoms with Gasteiger partial charge in [-0.1, -0.05) is 18.2 Å². The zero-order valence-corrected chi connectivity index (χ0v) is 10.8. The molecule has 0 fully saturated rings. The smallest absolute Gasteiger partial charge is 0.123 e. The molecule has 2 aromatic rings. The van der Waals surface area contributed by atoms with Crippen molar-refractivity contribution in [2.75, 3.05) is 13.6 Å². The summed E-state index contributed by atoms with van der Waals surface area (Å²) in [5.74, 6) is -0.292. The molecule has 1 unspecified atom stereocenters. The van der Waals surface area contributed by atoms with Crippen molar-refractivity contribution in [1.29, 1.82) is 0 Å². The second kappa shape index (κ2) is 6.41. The lowest BCUT2D eigenvalue weighted by Crippen LogP contribution is -2.24. The molecule has 0 radical (unpaired) electrons. The third-order valence-electron chi connectivity index (χ3n) is 2.91. The summed E-state index contributed by atoms with van der Waals surface area (Å²) < 4.78 is 12.8. The van der Waals surface area contributed by atoms with Crippen molar-refractivity contribution in [3.8, 4) is 0 Å². The van der Waals surface area contributed by atoms with Crippen LogP contribution < -0.4 is 0 Å². The summed E-state index contributed by atoms with van der Waals surface area (Å²) in [7, 11) is 1.93. The first-order chi connectivity index (χ1) is 9.15. The van der Waals surface area contributed by atoms with Crippen molar-refractivity contribution in [2.24, 2.45) is 0 Å². The molecule has 0 amide bonds. The van der Waals surface area contributed by atoms with Gasteiger partial charge in [-0.2, -0.15) is 0 Å². The second-order valence-electron chi connectivity index (χ2n) is 4.63. The van der Waals surface area contributed by atoms with E-state index >= 15 is 0 Å². The molecule has 1 aromatic heterocycles. The van der Waals surface area contributed by atoms with Crippen LogP contribution in [0.2, 0.25) is 0 Å². The number of nitrogens with zero attached hydrogens (tertiary/aromatic N) is 2. The van der Waals surface area contributed by atoms with E-state index in [1.807, 2.05) is 24.1 Å². The van der Waals surface area contributed by atoms with Crippen molar-refractivity contribution >= 4 is 0 Å². The lowest BCUT2D eigenvalue weighted by atomic mass is 10.1. The van der Waals surface area contributed by atoms with Crippen LogP contribution >= 0.6 is 0 Å². The average Bonchev–Trinajstić information content (AvgIpc) is 2.40. The Morgan fingerprint density at radius 3 is 2.63 bits per heavy atom. The van der Waals surface area contributed by atoms with Crippen molar-refractivity contribution in [3.05, 3.63) is 65.7 Å². The maximum atomic E-state index is 12.8. The van der Waals surface area contributed by atoms with Crippen molar-refractivity contribution < 1.29 is 9.50 Å². The van der Waals surface area contributed by atoms with E-state index in [0.717, 1.165) is 11.1 Å². The third kappa shape index (κ3) is 4.12. The lowest BCUT2D eigenvalue weighted by molar-refractivity contribution is 0.123. The molecule has 0 saturated heterocycles. The molecule has 0 bridgehead atoms. The molecular weight excluding hydrogens is 243 g/mol. The van der Waals surface area contributed by atoms with Crippen LogP contribution in [0.1, 0.15) is 17.2 Å². The number of rotatable bonds is 5. The molecule has 4 heteroatoms. The van der Waals surface area contributed by atoms with Crippen LogP contribution in [0.3, 0.4) is 0 Å². The molecule has 3 nitrogen and oxygen atoms in total. The van der Waals surface area contributed by atoms with E-state index in [-0.39, 0.29) is 5.82 Å². The van der Waals surface area contributed by atoms with Crippen LogP contribution in [0.15, 0.2) is 48.8 Å². The van der Waals surface area contributed by atoms with Crippen LogP contribution in [0, 0.1) is 5.82 Å². The number of aliphatic hydroxyl groups excluding tert-OH is 1. The van der Waals surface area contributed by atoms with Gasteiger partial charge in [0.1, 0.15) is 5.82 Å². The highest BCUT2D eigenvalue weighted by Crippen LogP contribution is 2.15. The number of hydrogen-bond donors (Lipinski definition) is 1. The van der Waals surface area contributed by atoms with Gasteiger partial charge in [-0.25, -0.2) is 4.39 Å². The monoisotopic (exact) mass is 260 g/mol. The lowest BCUT2D eigenvalue weighted by Gasteiger charge is -2.20. The largest absolute Gasteiger partial charge is 0.387 e. The summed E-state index contributed by atoms with van der Waals surface area (Å²) >= 11 is 0. The van der Waals surface area contributed by atoms with Gasteiger partial charge in [-0.05, 0) is 36.4 Å². The molecule has 1 atom stereocenters. The van der Waals surface area contributed by atoms with Gasteiger partial charge in [0.15, 0.2) is 0 Å². The van der Waals surface area contributed by atoms with E-state index < -0.39 is 6.10 Å². The number of aliphatic hydroxyl groups is 1. The number of hydrogen-bond acceptors (Lipinski definition) is 3. The van der Waals surface area contributed by atoms with Crippen LogP contribution in [-0.4, -0.2) is 28.6 Å². The Bertz CT molecular complexity index is 501. The summed E-state index contributed by atoms with van der Waals surface area (Å²) in [6, 6.07) is 9.82. The molecular formula is C15H17FN2O. The Morgan fingerprint density at radius 2 is 2.00 bits per heavy atom. The Hall–Kier alpha value is -1.78. The highest BCUT2D eigenvalue weighted by Gasteiger charge is 2.11. The quantitative estimate of drug-likeness (QED) is 0.896. The number of benzene rings is 1. The van der Waals surface area contributed by atoms with Gasteiger partial charge in [0.05, 0.1) is 6.10 Å². The molecule has 0 aliphatic rings. The van der Waals surface area contributed by atoms with Gasteiger partial charge in [-0.15, -0.1) is 0 Å². The molecule has 0 spiro atoms. The van der Waals surface area contributed by atoms with E-state index in [1.165, 1.54) is 12.1 Å². The average molecular weight is 260 g/mol. The van der Waals surface area contributed by atoms with Crippen molar-refractivity contribution in [1.82, 2.24) is 9.88 Å². The number of aromatic nitrogens is 1. The first-order valence-electron chi connectivity index (χ1n) is 6.16. The van der Waals surface area contributed by atoms with Gasteiger partial charge in [-0.3, -0.25) is 9.88 Å². The maximum Gasteiger partial charge on any atom is 0.123 e. The minimum absolute atomic E-state index is 0.292. The fourth-order valence-corrected chi connectivity index (χ4v) is 1.95. The Morgan fingerprint density at radius 1 is 1.26 bits per heavy atom. The Balaban J connectivity index is 1.91. The van der Waals surface area contributed by atoms with Crippen molar-refractivity contribution in [2.45, 2.75) is 12.6 Å². The highest BCUT2D eigenvalue weighted by atomic mass is 19.1. The molecule has 100 valence electrons.